The molecule has 2 rings (SSSR count). The highest BCUT2D eigenvalue weighted by atomic mass is 79.9. The number of carbonyl (C=O) groups is 1. The molecule has 0 aliphatic rings. The number of nitro groups is 1. The van der Waals surface area contributed by atoms with Gasteiger partial charge in [-0.25, -0.2) is 4.79 Å². The second-order valence-corrected chi connectivity index (χ2v) is 4.71. The van der Waals surface area contributed by atoms with Crippen molar-refractivity contribution in [3.63, 3.8) is 0 Å². The highest BCUT2D eigenvalue weighted by molar-refractivity contribution is 9.10. The van der Waals surface area contributed by atoms with Crippen molar-refractivity contribution in [2.45, 2.75) is 6.54 Å². The molecule has 2 aromatic rings. The van der Waals surface area contributed by atoms with Crippen molar-refractivity contribution in [2.24, 2.45) is 0 Å². The highest BCUT2D eigenvalue weighted by Crippen LogP contribution is 2.16. The Kier molecular flexibility index (Phi) is 3.70. The number of pyridine rings is 1. The van der Waals surface area contributed by atoms with Crippen LogP contribution in [0.25, 0.3) is 0 Å². The summed E-state index contributed by atoms with van der Waals surface area (Å²) in [5.74, 6) is -1.17. The normalized spacial score (nSPS) is 10.4. The van der Waals surface area contributed by atoms with Gasteiger partial charge in [-0.3, -0.25) is 14.9 Å². The van der Waals surface area contributed by atoms with E-state index >= 15 is 0 Å². The van der Waals surface area contributed by atoms with E-state index in [9.17, 15) is 19.7 Å². The lowest BCUT2D eigenvalue weighted by molar-refractivity contribution is -0.386. The summed E-state index contributed by atoms with van der Waals surface area (Å²) in [5, 5.41) is 19.7. The van der Waals surface area contributed by atoms with Crippen LogP contribution in [0.15, 0.2) is 38.3 Å². The van der Waals surface area contributed by atoms with E-state index in [0.717, 1.165) is 10.6 Å². The predicted molar refractivity (Wildman–Crippen MR) is 69.8 cm³/mol. The first kappa shape index (κ1) is 14.0. The quantitative estimate of drug-likeness (QED) is 0.669. The van der Waals surface area contributed by atoms with E-state index < -0.39 is 22.1 Å². The lowest BCUT2D eigenvalue weighted by atomic mass is 10.2. The molecule has 0 aliphatic heterocycles. The molecular formula is C11H7BrN2O6. The molecule has 8 nitrogen and oxygen atoms in total. The molecule has 0 fully saturated rings. The third-order valence-electron chi connectivity index (χ3n) is 2.52. The SMILES string of the molecule is O=C(O)c1ccoc1Cn1cc(Br)cc([N+](=O)[O-])c1=O. The van der Waals surface area contributed by atoms with Gasteiger partial charge in [-0.1, -0.05) is 0 Å². The average molecular weight is 343 g/mol. The number of hydrogen-bond donors (Lipinski definition) is 1. The van der Waals surface area contributed by atoms with Crippen LogP contribution in [0.4, 0.5) is 5.69 Å². The summed E-state index contributed by atoms with van der Waals surface area (Å²) in [4.78, 5) is 32.8. The molecule has 0 saturated carbocycles. The summed E-state index contributed by atoms with van der Waals surface area (Å²) in [6.07, 6.45) is 2.50. The number of halogens is 1. The second-order valence-electron chi connectivity index (χ2n) is 3.80. The molecule has 104 valence electrons. The Hall–Kier alpha value is -2.42. The van der Waals surface area contributed by atoms with Crippen LogP contribution < -0.4 is 5.56 Å². The van der Waals surface area contributed by atoms with Gasteiger partial charge in [-0.15, -0.1) is 0 Å². The second kappa shape index (κ2) is 5.29. The standard InChI is InChI=1S/C11H7BrN2O6/c12-6-3-8(14(18)19)10(15)13(4-6)5-9-7(11(16)17)1-2-20-9/h1-4H,5H2,(H,16,17). The topological polar surface area (TPSA) is 116 Å². The van der Waals surface area contributed by atoms with Gasteiger partial charge in [0.25, 0.3) is 0 Å². The summed E-state index contributed by atoms with van der Waals surface area (Å²) in [7, 11) is 0. The molecule has 0 unspecified atom stereocenters. The van der Waals surface area contributed by atoms with Gasteiger partial charge in [-0.05, 0) is 22.0 Å². The maximum Gasteiger partial charge on any atom is 0.339 e. The molecular weight excluding hydrogens is 336 g/mol. The van der Waals surface area contributed by atoms with Crippen LogP contribution in [0.5, 0.6) is 0 Å². The number of hydrogen-bond acceptors (Lipinski definition) is 5. The number of rotatable bonds is 4. The smallest absolute Gasteiger partial charge is 0.339 e. The fourth-order valence-corrected chi connectivity index (χ4v) is 2.10. The maximum absolute atomic E-state index is 11.9. The average Bonchev–Trinajstić information content (AvgIpc) is 2.81. The van der Waals surface area contributed by atoms with Crippen molar-refractivity contribution in [1.29, 1.82) is 0 Å². The first-order valence-electron chi connectivity index (χ1n) is 5.24. The maximum atomic E-state index is 11.9. The summed E-state index contributed by atoms with van der Waals surface area (Å²) in [6, 6.07) is 2.33. The Morgan fingerprint density at radius 1 is 1.55 bits per heavy atom. The van der Waals surface area contributed by atoms with Crippen LogP contribution in [0.1, 0.15) is 16.1 Å². The molecule has 0 amide bonds. The van der Waals surface area contributed by atoms with E-state index in [0.29, 0.717) is 4.47 Å². The molecule has 0 aliphatic carbocycles. The Morgan fingerprint density at radius 3 is 2.85 bits per heavy atom. The van der Waals surface area contributed by atoms with E-state index in [1.165, 1.54) is 18.5 Å². The predicted octanol–water partition coefficient (Wildman–Crippen LogP) is 1.86. The lowest BCUT2D eigenvalue weighted by Gasteiger charge is -2.05. The Labute approximate surface area is 119 Å². The molecule has 20 heavy (non-hydrogen) atoms. The summed E-state index contributed by atoms with van der Waals surface area (Å²) < 4.78 is 6.33. The monoisotopic (exact) mass is 342 g/mol. The molecule has 0 saturated heterocycles. The zero-order chi connectivity index (χ0) is 14.9. The molecule has 2 aromatic heterocycles. The highest BCUT2D eigenvalue weighted by Gasteiger charge is 2.19. The van der Waals surface area contributed by atoms with Gasteiger partial charge >= 0.3 is 17.2 Å². The van der Waals surface area contributed by atoms with E-state index in [-0.39, 0.29) is 17.9 Å². The van der Waals surface area contributed by atoms with Crippen molar-refractivity contribution in [1.82, 2.24) is 4.57 Å². The fraction of sp³-hybridized carbons (Fsp3) is 0.0909. The lowest BCUT2D eigenvalue weighted by Crippen LogP contribution is -2.23. The van der Waals surface area contributed by atoms with Crippen LogP contribution in [-0.2, 0) is 6.54 Å². The molecule has 0 bridgehead atoms. The Balaban J connectivity index is 2.49. The first-order valence-corrected chi connectivity index (χ1v) is 6.03. The van der Waals surface area contributed by atoms with Gasteiger partial charge in [0.1, 0.15) is 11.3 Å². The van der Waals surface area contributed by atoms with Gasteiger partial charge in [0, 0.05) is 16.7 Å². The van der Waals surface area contributed by atoms with Crippen LogP contribution >= 0.6 is 15.9 Å². The van der Waals surface area contributed by atoms with E-state index in [4.69, 9.17) is 9.52 Å². The Bertz CT molecular complexity index is 748. The van der Waals surface area contributed by atoms with Gasteiger partial charge in [0.15, 0.2) is 0 Å². The minimum Gasteiger partial charge on any atom is -0.478 e. The van der Waals surface area contributed by atoms with Crippen molar-refractivity contribution < 1.29 is 19.2 Å². The molecule has 1 N–H and O–H groups in total. The molecule has 2 heterocycles. The third-order valence-corrected chi connectivity index (χ3v) is 2.95. The zero-order valence-corrected chi connectivity index (χ0v) is 11.4. The van der Waals surface area contributed by atoms with Crippen LogP contribution in [0.2, 0.25) is 0 Å². The minimum atomic E-state index is -1.20. The van der Waals surface area contributed by atoms with E-state index in [1.54, 1.807) is 0 Å². The van der Waals surface area contributed by atoms with Gasteiger partial charge in [0.05, 0.1) is 17.7 Å². The molecule has 0 radical (unpaired) electrons. The van der Waals surface area contributed by atoms with Gasteiger partial charge < -0.3 is 14.1 Å². The zero-order valence-electron chi connectivity index (χ0n) is 9.78. The molecule has 0 aromatic carbocycles. The third kappa shape index (κ3) is 2.62. The van der Waals surface area contributed by atoms with Crippen LogP contribution in [0.3, 0.4) is 0 Å². The number of aromatic carboxylic acids is 1. The number of furan rings is 1. The Morgan fingerprint density at radius 2 is 2.25 bits per heavy atom. The van der Waals surface area contributed by atoms with Crippen molar-refractivity contribution >= 4 is 27.6 Å². The largest absolute Gasteiger partial charge is 0.478 e. The van der Waals surface area contributed by atoms with Gasteiger partial charge in [-0.2, -0.15) is 0 Å². The van der Waals surface area contributed by atoms with Crippen molar-refractivity contribution in [3.8, 4) is 0 Å². The molecule has 0 atom stereocenters. The van der Waals surface area contributed by atoms with E-state index in [1.807, 2.05) is 0 Å². The van der Waals surface area contributed by atoms with Crippen molar-refractivity contribution in [3.05, 3.63) is 60.9 Å². The minimum absolute atomic E-state index is 0.0343. The summed E-state index contributed by atoms with van der Waals surface area (Å²) in [5.41, 5.74) is -1.55. The summed E-state index contributed by atoms with van der Waals surface area (Å²) in [6.45, 7) is -0.215. The first-order chi connectivity index (χ1) is 9.40. The van der Waals surface area contributed by atoms with Crippen molar-refractivity contribution in [2.75, 3.05) is 0 Å². The number of nitrogens with zero attached hydrogens (tertiary/aromatic N) is 2. The van der Waals surface area contributed by atoms with Crippen LogP contribution in [-0.4, -0.2) is 20.6 Å². The number of aromatic nitrogens is 1. The number of carboxylic acid groups (broad SMARTS) is 1. The van der Waals surface area contributed by atoms with Gasteiger partial charge in [0.2, 0.25) is 0 Å². The van der Waals surface area contributed by atoms with E-state index in [2.05, 4.69) is 15.9 Å². The number of carboxylic acids is 1. The van der Waals surface area contributed by atoms with Crippen LogP contribution in [0, 0.1) is 10.1 Å². The molecule has 0 spiro atoms. The summed E-state index contributed by atoms with van der Waals surface area (Å²) >= 11 is 3.06. The molecule has 9 heteroatoms. The fourth-order valence-electron chi connectivity index (χ4n) is 1.64.